The first-order chi connectivity index (χ1) is 11.4. The molecule has 1 atom stereocenters. The maximum Gasteiger partial charge on any atom is 0.256 e. The maximum atomic E-state index is 12.9. The summed E-state index contributed by atoms with van der Waals surface area (Å²) in [5, 5.41) is 7.18. The van der Waals surface area contributed by atoms with Gasteiger partial charge in [0.05, 0.1) is 23.1 Å². The fraction of sp³-hybridized carbons (Fsp3) is 0.588. The van der Waals surface area contributed by atoms with Gasteiger partial charge in [0.15, 0.2) is 0 Å². The quantitative estimate of drug-likeness (QED) is 0.895. The van der Waals surface area contributed by atoms with Crippen molar-refractivity contribution in [3.05, 3.63) is 17.7 Å². The summed E-state index contributed by atoms with van der Waals surface area (Å²) in [6.45, 7) is 7.11. The highest BCUT2D eigenvalue weighted by atomic mass is 16.5. The van der Waals surface area contributed by atoms with E-state index in [0.717, 1.165) is 19.3 Å². The molecule has 1 saturated carbocycles. The van der Waals surface area contributed by atoms with Crippen LogP contribution >= 0.6 is 0 Å². The zero-order valence-corrected chi connectivity index (χ0v) is 14.2. The Labute approximate surface area is 140 Å². The third-order valence-electron chi connectivity index (χ3n) is 4.95. The Balaban J connectivity index is 1.73. The number of aryl methyl sites for hydroxylation is 1. The van der Waals surface area contributed by atoms with E-state index >= 15 is 0 Å². The second kappa shape index (κ2) is 5.17. The van der Waals surface area contributed by atoms with E-state index in [9.17, 15) is 4.79 Å². The average molecular weight is 330 g/mol. The van der Waals surface area contributed by atoms with Gasteiger partial charge in [0.2, 0.25) is 5.71 Å². The van der Waals surface area contributed by atoms with Gasteiger partial charge in [0.1, 0.15) is 17.9 Å². The predicted octanol–water partition coefficient (Wildman–Crippen LogP) is 2.40. The minimum atomic E-state index is -0.348. The van der Waals surface area contributed by atoms with Gasteiger partial charge in [0, 0.05) is 12.1 Å². The molecule has 128 valence electrons. The number of carbonyl (C=O) groups excluding carboxylic acids is 1. The first kappa shape index (κ1) is 15.4. The van der Waals surface area contributed by atoms with Crippen molar-refractivity contribution in [2.75, 3.05) is 18.5 Å². The molecule has 4 rings (SSSR count). The van der Waals surface area contributed by atoms with E-state index in [0.29, 0.717) is 41.5 Å². The summed E-state index contributed by atoms with van der Waals surface area (Å²) in [7, 11) is 0. The number of fused-ring (bicyclic) bond motifs is 1. The molecular formula is C17H22N4O3. The highest BCUT2D eigenvalue weighted by Gasteiger charge is 2.39. The Morgan fingerprint density at radius 3 is 2.67 bits per heavy atom. The number of nitrogens with one attached hydrogen (secondary N) is 2. The molecule has 0 aromatic carbocycles. The van der Waals surface area contributed by atoms with Crippen LogP contribution in [0.2, 0.25) is 0 Å². The van der Waals surface area contributed by atoms with Crippen molar-refractivity contribution >= 4 is 22.8 Å². The lowest BCUT2D eigenvalue weighted by Gasteiger charge is -2.23. The van der Waals surface area contributed by atoms with Crippen molar-refractivity contribution in [2.45, 2.75) is 51.1 Å². The number of hydrogen-bond acceptors (Lipinski definition) is 6. The molecule has 7 heteroatoms. The Kier molecular flexibility index (Phi) is 3.32. The summed E-state index contributed by atoms with van der Waals surface area (Å²) in [6.07, 6.45) is 4.44. The first-order valence-corrected chi connectivity index (χ1v) is 8.32. The zero-order chi connectivity index (χ0) is 16.9. The van der Waals surface area contributed by atoms with Crippen LogP contribution in [0.1, 0.15) is 49.2 Å². The van der Waals surface area contributed by atoms with Gasteiger partial charge >= 0.3 is 0 Å². The fourth-order valence-electron chi connectivity index (χ4n) is 3.11. The number of anilines is 1. The van der Waals surface area contributed by atoms with Crippen LogP contribution in [0.5, 0.6) is 0 Å². The van der Waals surface area contributed by atoms with Gasteiger partial charge in [-0.25, -0.2) is 9.97 Å². The molecule has 3 heterocycles. The van der Waals surface area contributed by atoms with Crippen LogP contribution in [0.4, 0.5) is 5.82 Å². The van der Waals surface area contributed by atoms with Crippen LogP contribution in [-0.2, 0) is 4.74 Å². The van der Waals surface area contributed by atoms with E-state index in [4.69, 9.17) is 9.15 Å². The van der Waals surface area contributed by atoms with Gasteiger partial charge in [-0.15, -0.1) is 0 Å². The normalized spacial score (nSPS) is 25.0. The molecular weight excluding hydrogens is 308 g/mol. The van der Waals surface area contributed by atoms with Crippen molar-refractivity contribution in [3.63, 3.8) is 0 Å². The summed E-state index contributed by atoms with van der Waals surface area (Å²) in [4.78, 5) is 21.5. The van der Waals surface area contributed by atoms with Crippen LogP contribution in [0.25, 0.3) is 11.1 Å². The maximum absolute atomic E-state index is 12.9. The topological polar surface area (TPSA) is 89.3 Å². The summed E-state index contributed by atoms with van der Waals surface area (Å²) in [5.74, 6) is 1.04. The standard InChI is InChI=1S/C17H22N4O3/c1-10-11(14(22)21-17(3)6-7-23-8-17)12-13(20-16(2)4-5-16)18-9-19-15(12)24-10/h9H,4-8H2,1-3H3,(H,21,22)(H,18,19,20). The minimum Gasteiger partial charge on any atom is -0.442 e. The van der Waals surface area contributed by atoms with Crippen molar-refractivity contribution in [2.24, 2.45) is 0 Å². The van der Waals surface area contributed by atoms with E-state index < -0.39 is 0 Å². The number of carbonyl (C=O) groups is 1. The van der Waals surface area contributed by atoms with Crippen LogP contribution in [0, 0.1) is 6.92 Å². The third kappa shape index (κ3) is 2.62. The van der Waals surface area contributed by atoms with Crippen LogP contribution < -0.4 is 10.6 Å². The van der Waals surface area contributed by atoms with Crippen molar-refractivity contribution in [3.8, 4) is 0 Å². The number of aromatic nitrogens is 2. The van der Waals surface area contributed by atoms with Gasteiger partial charge in [0.25, 0.3) is 5.91 Å². The average Bonchev–Trinajstić information content (AvgIpc) is 2.93. The van der Waals surface area contributed by atoms with E-state index in [-0.39, 0.29) is 17.0 Å². The molecule has 2 N–H and O–H groups in total. The molecule has 2 aromatic heterocycles. The van der Waals surface area contributed by atoms with Gasteiger partial charge in [-0.1, -0.05) is 0 Å². The van der Waals surface area contributed by atoms with Crippen LogP contribution in [-0.4, -0.2) is 40.2 Å². The summed E-state index contributed by atoms with van der Waals surface area (Å²) < 4.78 is 11.1. The monoisotopic (exact) mass is 330 g/mol. The largest absolute Gasteiger partial charge is 0.442 e. The Morgan fingerprint density at radius 2 is 2.00 bits per heavy atom. The fourth-order valence-corrected chi connectivity index (χ4v) is 3.11. The van der Waals surface area contributed by atoms with Crippen LogP contribution in [0.15, 0.2) is 10.7 Å². The SMILES string of the molecule is Cc1oc2ncnc(NC3(C)CC3)c2c1C(=O)NC1(C)CCOC1. The molecule has 2 aromatic rings. The van der Waals surface area contributed by atoms with Gasteiger partial charge in [-0.3, -0.25) is 4.79 Å². The molecule has 2 aliphatic rings. The Morgan fingerprint density at radius 1 is 1.21 bits per heavy atom. The van der Waals surface area contributed by atoms with Crippen LogP contribution in [0.3, 0.4) is 0 Å². The molecule has 1 saturated heterocycles. The second-order valence-electron chi connectivity index (χ2n) is 7.44. The predicted molar refractivity (Wildman–Crippen MR) is 89.1 cm³/mol. The zero-order valence-electron chi connectivity index (χ0n) is 14.2. The van der Waals surface area contributed by atoms with Gasteiger partial charge < -0.3 is 19.8 Å². The number of amides is 1. The van der Waals surface area contributed by atoms with Crippen molar-refractivity contribution in [1.82, 2.24) is 15.3 Å². The summed E-state index contributed by atoms with van der Waals surface area (Å²) in [6, 6.07) is 0. The van der Waals surface area contributed by atoms with E-state index in [1.165, 1.54) is 6.33 Å². The molecule has 1 amide bonds. The number of furan rings is 1. The van der Waals surface area contributed by atoms with E-state index in [2.05, 4.69) is 27.5 Å². The molecule has 1 aliphatic carbocycles. The minimum absolute atomic E-state index is 0.0471. The molecule has 0 radical (unpaired) electrons. The molecule has 1 aliphatic heterocycles. The summed E-state index contributed by atoms with van der Waals surface area (Å²) >= 11 is 0. The highest BCUT2D eigenvalue weighted by Crippen LogP contribution is 2.40. The smallest absolute Gasteiger partial charge is 0.256 e. The lowest BCUT2D eigenvalue weighted by molar-refractivity contribution is 0.0890. The summed E-state index contributed by atoms with van der Waals surface area (Å²) in [5.41, 5.74) is 0.641. The number of hydrogen-bond donors (Lipinski definition) is 2. The molecule has 2 fully saturated rings. The number of nitrogens with zero attached hydrogens (tertiary/aromatic N) is 2. The van der Waals surface area contributed by atoms with Crippen molar-refractivity contribution < 1.29 is 13.9 Å². The molecule has 24 heavy (non-hydrogen) atoms. The molecule has 1 unspecified atom stereocenters. The Hall–Kier alpha value is -2.15. The third-order valence-corrected chi connectivity index (χ3v) is 4.95. The lowest BCUT2D eigenvalue weighted by atomic mass is 10.0. The molecule has 7 nitrogen and oxygen atoms in total. The van der Waals surface area contributed by atoms with Crippen molar-refractivity contribution in [1.29, 1.82) is 0 Å². The second-order valence-corrected chi connectivity index (χ2v) is 7.44. The van der Waals surface area contributed by atoms with E-state index in [1.54, 1.807) is 6.92 Å². The lowest BCUT2D eigenvalue weighted by Crippen LogP contribution is -2.46. The molecule has 0 spiro atoms. The Bertz CT molecular complexity index is 804. The van der Waals surface area contributed by atoms with Gasteiger partial charge in [-0.2, -0.15) is 0 Å². The number of rotatable bonds is 4. The van der Waals surface area contributed by atoms with Gasteiger partial charge in [-0.05, 0) is 40.0 Å². The molecule has 0 bridgehead atoms. The number of ether oxygens (including phenoxy) is 1. The highest BCUT2D eigenvalue weighted by molar-refractivity contribution is 6.10. The van der Waals surface area contributed by atoms with E-state index in [1.807, 2.05) is 6.92 Å². The first-order valence-electron chi connectivity index (χ1n) is 8.32.